The first-order valence-electron chi connectivity index (χ1n) is 19.0. The predicted octanol–water partition coefficient (Wildman–Crippen LogP) is 13.3. The minimum absolute atomic E-state index is 0.217. The van der Waals surface area contributed by atoms with Crippen molar-refractivity contribution >= 4 is 40.1 Å². The minimum atomic E-state index is -0.217. The van der Waals surface area contributed by atoms with Gasteiger partial charge in [-0.15, -0.1) is 0 Å². The van der Waals surface area contributed by atoms with Gasteiger partial charge in [-0.2, -0.15) is 0 Å². The van der Waals surface area contributed by atoms with Gasteiger partial charge >= 0.3 is 0 Å². The quantitative estimate of drug-likeness (QED) is 0.156. The summed E-state index contributed by atoms with van der Waals surface area (Å²) in [5, 5.41) is 4.92. The molecule has 0 aliphatic heterocycles. The fourth-order valence-corrected chi connectivity index (χ4v) is 8.18. The lowest BCUT2D eigenvalue weighted by atomic mass is 9.81. The highest BCUT2D eigenvalue weighted by Gasteiger charge is 2.35. The molecule has 262 valence electrons. The number of allylic oxidation sites excluding steroid dienone is 8. The highest BCUT2D eigenvalue weighted by molar-refractivity contribution is 5.89. The maximum atomic E-state index is 4.67. The Labute approximate surface area is 316 Å². The summed E-state index contributed by atoms with van der Waals surface area (Å²) in [6, 6.07) is 42.4. The van der Waals surface area contributed by atoms with Crippen LogP contribution in [0.15, 0.2) is 157 Å². The SMILES string of the molecule is C=C(/C=C\c1ccccc1)c1ccc2c(ccc(/C(C)=C/C3=C(C)C=CCC3)/c(=C/C)c1=CC)-c1ccc(-c3ccc4ccccc4c3)cc1C2(C)C. The van der Waals surface area contributed by atoms with E-state index in [0.717, 1.165) is 29.5 Å². The lowest BCUT2D eigenvalue weighted by molar-refractivity contribution is 0.661. The van der Waals surface area contributed by atoms with Crippen LogP contribution in [0.3, 0.4) is 0 Å². The number of fused-ring (bicyclic) bond motifs is 4. The first-order valence-corrected chi connectivity index (χ1v) is 19.0. The molecule has 0 saturated heterocycles. The van der Waals surface area contributed by atoms with Gasteiger partial charge in [-0.25, -0.2) is 0 Å². The highest BCUT2D eigenvalue weighted by Crippen LogP contribution is 2.49. The average Bonchev–Trinajstić information content (AvgIpc) is 3.39. The Morgan fingerprint density at radius 1 is 0.679 bits per heavy atom. The lowest BCUT2D eigenvalue weighted by Gasteiger charge is -2.22. The van der Waals surface area contributed by atoms with E-state index in [1.54, 1.807) is 0 Å². The van der Waals surface area contributed by atoms with Crippen LogP contribution in [0.4, 0.5) is 0 Å². The Morgan fingerprint density at radius 2 is 1.32 bits per heavy atom. The molecule has 0 N–H and O–H groups in total. The second kappa shape index (κ2) is 15.1. The number of hydrogen-bond donors (Lipinski definition) is 0. The Bertz CT molecular complexity index is 2560. The molecule has 0 atom stereocenters. The molecular formula is C53H50. The number of hydrogen-bond acceptors (Lipinski definition) is 0. The predicted molar refractivity (Wildman–Crippen MR) is 233 cm³/mol. The molecule has 0 spiro atoms. The van der Waals surface area contributed by atoms with Crippen LogP contribution in [0.1, 0.15) is 82.2 Å². The molecular weight excluding hydrogens is 637 g/mol. The van der Waals surface area contributed by atoms with Crippen molar-refractivity contribution in [1.29, 1.82) is 0 Å². The average molecular weight is 687 g/mol. The molecule has 0 radical (unpaired) electrons. The molecule has 0 aromatic heterocycles. The third-order valence-corrected chi connectivity index (χ3v) is 11.2. The van der Waals surface area contributed by atoms with E-state index in [0.29, 0.717) is 0 Å². The lowest BCUT2D eigenvalue weighted by Crippen LogP contribution is -2.29. The summed E-state index contributed by atoms with van der Waals surface area (Å²) in [6.45, 7) is 18.3. The Balaban J connectivity index is 1.49. The first kappa shape index (κ1) is 35.7. The van der Waals surface area contributed by atoms with Crippen LogP contribution in [0.5, 0.6) is 0 Å². The van der Waals surface area contributed by atoms with Crippen LogP contribution in [-0.2, 0) is 5.41 Å². The molecule has 2 aliphatic rings. The van der Waals surface area contributed by atoms with Gasteiger partial charge in [-0.1, -0.05) is 166 Å². The standard InChI is InChI=1S/C53H50/c1-8-45-46(9-2)48(38(5)33-41-21-14-13-17-36(41)3)29-30-49-50-28-27-44(43-26-25-40-20-15-16-22-42(40)34-43)35-52(50)53(6,7)51(49)32-31-47(45)37(4)23-24-39-18-11-10-12-19-39/h8-13,15-20,22-35H,4,14,21H2,1-3,5-7H3/b24-23-,38-33+,45-8?,46-9+,47-31?,48-29?,49-30?,51-32?. The normalized spacial score (nSPS) is 15.5. The maximum Gasteiger partial charge on any atom is 0.0159 e. The van der Waals surface area contributed by atoms with Crippen molar-refractivity contribution in [2.75, 3.05) is 0 Å². The Hall–Kier alpha value is -5.72. The third kappa shape index (κ3) is 7.07. The monoisotopic (exact) mass is 686 g/mol. The molecule has 0 fully saturated rings. The zero-order valence-electron chi connectivity index (χ0n) is 32.1. The molecule has 0 unspecified atom stereocenters. The van der Waals surface area contributed by atoms with Gasteiger partial charge in [0.25, 0.3) is 0 Å². The van der Waals surface area contributed by atoms with Crippen molar-refractivity contribution in [3.05, 3.63) is 196 Å². The molecule has 0 bridgehead atoms. The maximum absolute atomic E-state index is 4.67. The molecule has 5 aromatic carbocycles. The van der Waals surface area contributed by atoms with E-state index >= 15 is 0 Å². The highest BCUT2D eigenvalue weighted by atomic mass is 14.4. The van der Waals surface area contributed by atoms with E-state index in [1.807, 2.05) is 0 Å². The summed E-state index contributed by atoms with van der Waals surface area (Å²) >= 11 is 0. The fraction of sp³-hybridized carbons (Fsp3) is 0.170. The second-order valence-electron chi connectivity index (χ2n) is 14.9. The van der Waals surface area contributed by atoms with Crippen LogP contribution in [0, 0.1) is 0 Å². The van der Waals surface area contributed by atoms with Crippen LogP contribution < -0.4 is 10.4 Å². The van der Waals surface area contributed by atoms with Gasteiger partial charge in [0.2, 0.25) is 0 Å². The van der Waals surface area contributed by atoms with E-state index in [-0.39, 0.29) is 5.41 Å². The van der Waals surface area contributed by atoms with E-state index < -0.39 is 0 Å². The third-order valence-electron chi connectivity index (χ3n) is 11.2. The van der Waals surface area contributed by atoms with E-state index in [9.17, 15) is 0 Å². The van der Waals surface area contributed by atoms with E-state index in [4.69, 9.17) is 0 Å². The molecule has 0 nitrogen and oxygen atoms in total. The zero-order chi connectivity index (χ0) is 37.1. The van der Waals surface area contributed by atoms with Crippen LogP contribution in [0.25, 0.3) is 62.4 Å². The van der Waals surface area contributed by atoms with Crippen molar-refractivity contribution in [1.82, 2.24) is 0 Å². The minimum Gasteiger partial charge on any atom is -0.0911 e. The van der Waals surface area contributed by atoms with Crippen LogP contribution in [-0.4, -0.2) is 0 Å². The first-order chi connectivity index (χ1) is 25.7. The number of rotatable bonds is 6. The largest absolute Gasteiger partial charge is 0.0911 e. The van der Waals surface area contributed by atoms with E-state index in [1.165, 1.54) is 76.9 Å². The molecule has 0 heterocycles. The van der Waals surface area contributed by atoms with Gasteiger partial charge in [0.15, 0.2) is 0 Å². The summed E-state index contributed by atoms with van der Waals surface area (Å²) in [7, 11) is 0. The molecule has 53 heavy (non-hydrogen) atoms. The van der Waals surface area contributed by atoms with Gasteiger partial charge in [-0.3, -0.25) is 0 Å². The summed E-state index contributed by atoms with van der Waals surface area (Å²) < 4.78 is 0. The van der Waals surface area contributed by atoms with Crippen LogP contribution in [0.2, 0.25) is 0 Å². The molecule has 0 heteroatoms. The van der Waals surface area contributed by atoms with Crippen LogP contribution >= 0.6 is 0 Å². The Morgan fingerprint density at radius 3 is 2.08 bits per heavy atom. The molecule has 7 rings (SSSR count). The van der Waals surface area contributed by atoms with Gasteiger partial charge in [0.1, 0.15) is 0 Å². The number of benzene rings is 4. The summed E-state index contributed by atoms with van der Waals surface area (Å²) in [4.78, 5) is 0. The Kier molecular flexibility index (Phi) is 10.2. The smallest absolute Gasteiger partial charge is 0.0159 e. The topological polar surface area (TPSA) is 0 Å². The van der Waals surface area contributed by atoms with Crippen molar-refractivity contribution < 1.29 is 0 Å². The summed E-state index contributed by atoms with van der Waals surface area (Å²) in [5.74, 6) is 0. The molecule has 2 aliphatic carbocycles. The molecule has 0 amide bonds. The van der Waals surface area contributed by atoms with Crippen molar-refractivity contribution in [2.45, 2.75) is 59.8 Å². The summed E-state index contributed by atoms with van der Waals surface area (Å²) in [6.07, 6.45) is 18.0. The van der Waals surface area contributed by atoms with Gasteiger partial charge in [-0.05, 0) is 146 Å². The van der Waals surface area contributed by atoms with Crippen molar-refractivity contribution in [3.8, 4) is 22.3 Å². The van der Waals surface area contributed by atoms with Gasteiger partial charge in [0, 0.05) is 5.41 Å². The molecule has 5 aromatic rings. The van der Waals surface area contributed by atoms with Gasteiger partial charge < -0.3 is 0 Å². The van der Waals surface area contributed by atoms with E-state index in [2.05, 4.69) is 206 Å². The van der Waals surface area contributed by atoms with Gasteiger partial charge in [0.05, 0.1) is 0 Å². The second-order valence-corrected chi connectivity index (χ2v) is 14.9. The molecule has 0 saturated carbocycles. The fourth-order valence-electron chi connectivity index (χ4n) is 8.18. The van der Waals surface area contributed by atoms with Crippen molar-refractivity contribution in [2.24, 2.45) is 0 Å². The zero-order valence-corrected chi connectivity index (χ0v) is 32.1. The summed E-state index contributed by atoms with van der Waals surface area (Å²) in [5.41, 5.74) is 16.0. The van der Waals surface area contributed by atoms with Crippen molar-refractivity contribution in [3.63, 3.8) is 0 Å².